The van der Waals surface area contributed by atoms with Crippen LogP contribution in [0.2, 0.25) is 0 Å². The van der Waals surface area contributed by atoms with E-state index in [-0.39, 0.29) is 5.54 Å². The Hall–Kier alpha value is -0.630. The predicted molar refractivity (Wildman–Crippen MR) is 71.3 cm³/mol. The van der Waals surface area contributed by atoms with Crippen molar-refractivity contribution in [3.05, 3.63) is 0 Å². The van der Waals surface area contributed by atoms with E-state index in [1.807, 2.05) is 0 Å². The molecule has 1 N–H and O–H groups in total. The predicted octanol–water partition coefficient (Wildman–Crippen LogP) is 1.52. The molecule has 0 aromatic rings. The van der Waals surface area contributed by atoms with Crippen LogP contribution in [0.1, 0.15) is 38.5 Å². The van der Waals surface area contributed by atoms with Crippen molar-refractivity contribution in [1.82, 2.24) is 10.2 Å². The topological polar surface area (TPSA) is 48.3 Å². The van der Waals surface area contributed by atoms with Gasteiger partial charge in [0.25, 0.3) is 0 Å². The Bertz CT molecular complexity index is 311. The first-order chi connectivity index (χ1) is 8.69. The highest BCUT2D eigenvalue weighted by Crippen LogP contribution is 2.35. The Morgan fingerprint density at radius 3 is 2.83 bits per heavy atom. The fourth-order valence-electron chi connectivity index (χ4n) is 2.92. The first kappa shape index (κ1) is 13.8. The first-order valence-electron chi connectivity index (χ1n) is 7.07. The van der Waals surface area contributed by atoms with Crippen LogP contribution >= 0.6 is 0 Å². The summed E-state index contributed by atoms with van der Waals surface area (Å²) in [7, 11) is 3.92. The molecule has 0 aromatic heterocycles. The first-order valence-corrected chi connectivity index (χ1v) is 7.07. The molecule has 2 rings (SSSR count). The lowest BCUT2D eigenvalue weighted by atomic mass is 9.99. The van der Waals surface area contributed by atoms with Crippen LogP contribution in [0.4, 0.5) is 0 Å². The standard InChI is InChI=1S/C14H25N3O/c1-17(8-3-9-18-2)13-6-7-14(10-13,11-15)16-12-4-5-12/h12-13,16H,3-10H2,1-2H3. The second kappa shape index (κ2) is 6.01. The number of methoxy groups -OCH3 is 1. The number of nitrogens with zero attached hydrogens (tertiary/aromatic N) is 2. The van der Waals surface area contributed by atoms with E-state index in [1.165, 1.54) is 12.8 Å². The van der Waals surface area contributed by atoms with E-state index in [4.69, 9.17) is 4.74 Å². The summed E-state index contributed by atoms with van der Waals surface area (Å²) in [5.41, 5.74) is -0.249. The third kappa shape index (κ3) is 3.44. The maximum Gasteiger partial charge on any atom is 0.108 e. The zero-order valence-corrected chi connectivity index (χ0v) is 11.6. The Labute approximate surface area is 110 Å². The van der Waals surface area contributed by atoms with Gasteiger partial charge in [0, 0.05) is 32.3 Å². The summed E-state index contributed by atoms with van der Waals surface area (Å²) in [6, 6.07) is 3.70. The van der Waals surface area contributed by atoms with Gasteiger partial charge < -0.3 is 9.64 Å². The molecule has 0 aliphatic heterocycles. The molecule has 0 radical (unpaired) electrons. The third-order valence-corrected chi connectivity index (χ3v) is 4.24. The molecule has 0 amide bonds. The summed E-state index contributed by atoms with van der Waals surface area (Å²) < 4.78 is 5.09. The fraction of sp³-hybridized carbons (Fsp3) is 0.929. The van der Waals surface area contributed by atoms with Crippen molar-refractivity contribution in [3.63, 3.8) is 0 Å². The van der Waals surface area contributed by atoms with Crippen molar-refractivity contribution in [3.8, 4) is 6.07 Å². The molecule has 2 atom stereocenters. The molecule has 2 unspecified atom stereocenters. The monoisotopic (exact) mass is 251 g/mol. The summed E-state index contributed by atoms with van der Waals surface area (Å²) in [5.74, 6) is 0. The van der Waals surface area contributed by atoms with Gasteiger partial charge in [0.1, 0.15) is 5.54 Å². The Morgan fingerprint density at radius 2 is 2.22 bits per heavy atom. The molecule has 2 fully saturated rings. The van der Waals surface area contributed by atoms with E-state index in [1.54, 1.807) is 7.11 Å². The fourth-order valence-corrected chi connectivity index (χ4v) is 2.92. The van der Waals surface area contributed by atoms with Gasteiger partial charge in [0.15, 0.2) is 0 Å². The van der Waals surface area contributed by atoms with Crippen molar-refractivity contribution >= 4 is 0 Å². The van der Waals surface area contributed by atoms with Crippen LogP contribution in [-0.2, 0) is 4.74 Å². The molecule has 0 aromatic carbocycles. The molecule has 2 aliphatic carbocycles. The van der Waals surface area contributed by atoms with Crippen LogP contribution in [0.25, 0.3) is 0 Å². The van der Waals surface area contributed by atoms with Crippen LogP contribution in [-0.4, -0.2) is 49.8 Å². The van der Waals surface area contributed by atoms with Gasteiger partial charge in [-0.25, -0.2) is 0 Å². The van der Waals surface area contributed by atoms with Crippen LogP contribution < -0.4 is 5.32 Å². The van der Waals surface area contributed by atoms with Gasteiger partial charge in [-0.15, -0.1) is 0 Å². The van der Waals surface area contributed by atoms with E-state index in [0.717, 1.165) is 38.8 Å². The number of hydrogen-bond donors (Lipinski definition) is 1. The molecular formula is C14H25N3O. The molecular weight excluding hydrogens is 226 g/mol. The Kier molecular flexibility index (Phi) is 4.60. The molecule has 0 spiro atoms. The SMILES string of the molecule is COCCCN(C)C1CCC(C#N)(NC2CC2)C1. The minimum absolute atomic E-state index is 0.249. The Balaban J connectivity index is 1.80. The molecule has 0 heterocycles. The lowest BCUT2D eigenvalue weighted by molar-refractivity contribution is 0.164. The summed E-state index contributed by atoms with van der Waals surface area (Å²) in [6.45, 7) is 1.88. The van der Waals surface area contributed by atoms with E-state index in [9.17, 15) is 5.26 Å². The quantitative estimate of drug-likeness (QED) is 0.697. The number of hydrogen-bond acceptors (Lipinski definition) is 4. The Morgan fingerprint density at radius 1 is 1.44 bits per heavy atom. The average molecular weight is 251 g/mol. The molecule has 18 heavy (non-hydrogen) atoms. The highest BCUT2D eigenvalue weighted by molar-refractivity contribution is 5.15. The molecule has 2 aliphatic rings. The minimum Gasteiger partial charge on any atom is -0.385 e. The van der Waals surface area contributed by atoms with Gasteiger partial charge in [-0.2, -0.15) is 5.26 Å². The van der Waals surface area contributed by atoms with Crippen molar-refractivity contribution in [2.24, 2.45) is 0 Å². The molecule has 0 bridgehead atoms. The average Bonchev–Trinajstić information content (AvgIpc) is 3.07. The zero-order chi connectivity index (χ0) is 13.0. The largest absolute Gasteiger partial charge is 0.385 e. The van der Waals surface area contributed by atoms with E-state index in [2.05, 4.69) is 23.3 Å². The summed E-state index contributed by atoms with van der Waals surface area (Å²) in [4.78, 5) is 2.40. The lowest BCUT2D eigenvalue weighted by Crippen LogP contribution is -2.44. The van der Waals surface area contributed by atoms with E-state index in [0.29, 0.717) is 12.1 Å². The van der Waals surface area contributed by atoms with Gasteiger partial charge in [0.05, 0.1) is 6.07 Å². The van der Waals surface area contributed by atoms with Gasteiger partial charge in [-0.3, -0.25) is 5.32 Å². The summed E-state index contributed by atoms with van der Waals surface area (Å²) in [6.07, 6.45) is 6.67. The number of nitrogens with one attached hydrogen (secondary N) is 1. The number of ether oxygens (including phenoxy) is 1. The maximum atomic E-state index is 9.46. The second-order valence-electron chi connectivity index (χ2n) is 5.84. The van der Waals surface area contributed by atoms with Crippen molar-refractivity contribution in [2.75, 3.05) is 27.3 Å². The normalized spacial score (nSPS) is 31.8. The minimum atomic E-state index is -0.249. The molecule has 2 saturated carbocycles. The summed E-state index contributed by atoms with van der Waals surface area (Å²) >= 11 is 0. The van der Waals surface area contributed by atoms with Crippen molar-refractivity contribution in [2.45, 2.75) is 56.1 Å². The smallest absolute Gasteiger partial charge is 0.108 e. The van der Waals surface area contributed by atoms with Gasteiger partial charge in [0.2, 0.25) is 0 Å². The van der Waals surface area contributed by atoms with Gasteiger partial charge >= 0.3 is 0 Å². The molecule has 4 nitrogen and oxygen atoms in total. The zero-order valence-electron chi connectivity index (χ0n) is 11.6. The number of rotatable bonds is 7. The van der Waals surface area contributed by atoms with Crippen LogP contribution in [0.15, 0.2) is 0 Å². The van der Waals surface area contributed by atoms with Crippen molar-refractivity contribution < 1.29 is 4.74 Å². The molecule has 0 saturated heterocycles. The van der Waals surface area contributed by atoms with Crippen LogP contribution in [0.3, 0.4) is 0 Å². The molecule has 102 valence electrons. The number of nitriles is 1. The maximum absolute atomic E-state index is 9.46. The van der Waals surface area contributed by atoms with Crippen LogP contribution in [0.5, 0.6) is 0 Å². The second-order valence-corrected chi connectivity index (χ2v) is 5.84. The highest BCUT2D eigenvalue weighted by Gasteiger charge is 2.43. The van der Waals surface area contributed by atoms with Crippen molar-refractivity contribution in [1.29, 1.82) is 5.26 Å². The van der Waals surface area contributed by atoms with E-state index >= 15 is 0 Å². The molecule has 4 heteroatoms. The van der Waals surface area contributed by atoms with E-state index < -0.39 is 0 Å². The van der Waals surface area contributed by atoms with Crippen LogP contribution in [0, 0.1) is 11.3 Å². The van der Waals surface area contributed by atoms with Gasteiger partial charge in [-0.05, 0) is 45.6 Å². The van der Waals surface area contributed by atoms with Gasteiger partial charge in [-0.1, -0.05) is 0 Å². The summed E-state index contributed by atoms with van der Waals surface area (Å²) in [5, 5.41) is 13.0. The lowest BCUT2D eigenvalue weighted by Gasteiger charge is -2.27. The highest BCUT2D eigenvalue weighted by atomic mass is 16.5. The third-order valence-electron chi connectivity index (χ3n) is 4.24.